The number of nitrogens with zero attached hydrogens (tertiary/aromatic N) is 2. The number of halogens is 1. The number of pyridine rings is 1. The number of aromatic nitrogens is 2. The Morgan fingerprint density at radius 1 is 1.03 bits per heavy atom. The van der Waals surface area contributed by atoms with E-state index in [0.717, 1.165) is 10.9 Å². The molecule has 0 saturated carbocycles. The van der Waals surface area contributed by atoms with E-state index in [9.17, 15) is 17.6 Å². The van der Waals surface area contributed by atoms with Gasteiger partial charge in [-0.3, -0.25) is 4.79 Å². The van der Waals surface area contributed by atoms with E-state index in [2.05, 4.69) is 15.0 Å². The van der Waals surface area contributed by atoms with Gasteiger partial charge in [-0.1, -0.05) is 36.4 Å². The van der Waals surface area contributed by atoms with Crippen molar-refractivity contribution in [2.24, 2.45) is 0 Å². The van der Waals surface area contributed by atoms with Crippen molar-refractivity contribution >= 4 is 32.7 Å². The van der Waals surface area contributed by atoms with Crippen LogP contribution in [-0.4, -0.2) is 29.4 Å². The van der Waals surface area contributed by atoms with Gasteiger partial charge < -0.3 is 9.88 Å². The SMILES string of the molecule is CC(C)(C)NS(=O)(=O)c1ccc(NC(=O)c2cc3ccccc3n2Cc2ccccc2F)nc1. The van der Waals surface area contributed by atoms with Gasteiger partial charge in [-0.25, -0.2) is 22.5 Å². The van der Waals surface area contributed by atoms with Gasteiger partial charge in [0.25, 0.3) is 5.91 Å². The first-order valence-corrected chi connectivity index (χ1v) is 12.1. The molecule has 34 heavy (non-hydrogen) atoms. The van der Waals surface area contributed by atoms with Crippen LogP contribution in [0.5, 0.6) is 0 Å². The van der Waals surface area contributed by atoms with E-state index in [4.69, 9.17) is 0 Å². The molecule has 0 bridgehead atoms. The van der Waals surface area contributed by atoms with E-state index in [1.165, 1.54) is 24.4 Å². The molecule has 176 valence electrons. The summed E-state index contributed by atoms with van der Waals surface area (Å²) < 4.78 is 43.6. The lowest BCUT2D eigenvalue weighted by atomic mass is 10.1. The lowest BCUT2D eigenvalue weighted by molar-refractivity contribution is 0.101. The van der Waals surface area contributed by atoms with Crippen LogP contribution in [0.2, 0.25) is 0 Å². The van der Waals surface area contributed by atoms with Gasteiger partial charge in [0.1, 0.15) is 22.2 Å². The molecular formula is C25H25FN4O3S. The van der Waals surface area contributed by atoms with Crippen molar-refractivity contribution in [3.05, 3.63) is 90.0 Å². The van der Waals surface area contributed by atoms with Gasteiger partial charge in [-0.15, -0.1) is 0 Å². The maximum atomic E-state index is 14.3. The summed E-state index contributed by atoms with van der Waals surface area (Å²) in [6, 6.07) is 18.4. The van der Waals surface area contributed by atoms with E-state index in [1.807, 2.05) is 24.3 Å². The molecule has 2 N–H and O–H groups in total. The van der Waals surface area contributed by atoms with Crippen LogP contribution in [-0.2, 0) is 16.6 Å². The number of anilines is 1. The number of carbonyl (C=O) groups is 1. The fourth-order valence-electron chi connectivity index (χ4n) is 3.62. The van der Waals surface area contributed by atoms with Crippen LogP contribution in [0.15, 0.2) is 77.8 Å². The molecule has 1 amide bonds. The molecule has 4 rings (SSSR count). The van der Waals surface area contributed by atoms with Crippen LogP contribution in [0.4, 0.5) is 10.2 Å². The van der Waals surface area contributed by atoms with E-state index in [-0.39, 0.29) is 23.1 Å². The average molecular weight is 481 g/mol. The van der Waals surface area contributed by atoms with Crippen LogP contribution in [0.3, 0.4) is 0 Å². The van der Waals surface area contributed by atoms with Crippen molar-refractivity contribution in [3.8, 4) is 0 Å². The van der Waals surface area contributed by atoms with Crippen molar-refractivity contribution in [2.45, 2.75) is 37.8 Å². The second-order valence-electron chi connectivity index (χ2n) is 8.95. The summed E-state index contributed by atoms with van der Waals surface area (Å²) >= 11 is 0. The van der Waals surface area contributed by atoms with E-state index in [1.54, 1.807) is 49.6 Å². The molecule has 9 heteroatoms. The number of sulfonamides is 1. The number of hydrogen-bond acceptors (Lipinski definition) is 4. The predicted molar refractivity (Wildman–Crippen MR) is 130 cm³/mol. The third kappa shape index (κ3) is 5.16. The largest absolute Gasteiger partial charge is 0.332 e. The topological polar surface area (TPSA) is 93.1 Å². The summed E-state index contributed by atoms with van der Waals surface area (Å²) in [7, 11) is -3.74. The van der Waals surface area contributed by atoms with Crippen molar-refractivity contribution in [2.75, 3.05) is 5.32 Å². The van der Waals surface area contributed by atoms with Crippen LogP contribution in [0.25, 0.3) is 10.9 Å². The summed E-state index contributed by atoms with van der Waals surface area (Å²) in [5, 5.41) is 3.55. The molecule has 0 unspecified atom stereocenters. The molecule has 0 fully saturated rings. The molecule has 0 atom stereocenters. The quantitative estimate of drug-likeness (QED) is 0.423. The van der Waals surface area contributed by atoms with Crippen LogP contribution in [0.1, 0.15) is 36.8 Å². The van der Waals surface area contributed by atoms with Gasteiger partial charge in [0.15, 0.2) is 0 Å². The summed E-state index contributed by atoms with van der Waals surface area (Å²) in [5.41, 5.74) is 0.935. The zero-order chi connectivity index (χ0) is 24.5. The smallest absolute Gasteiger partial charge is 0.273 e. The minimum absolute atomic E-state index is 0.00547. The second kappa shape index (κ2) is 9.00. The normalized spacial score (nSPS) is 12.1. The molecule has 7 nitrogen and oxygen atoms in total. The number of carbonyl (C=O) groups excluding carboxylic acids is 1. The molecule has 0 aliphatic heterocycles. The number of para-hydroxylation sites is 1. The third-order valence-corrected chi connectivity index (χ3v) is 6.80. The van der Waals surface area contributed by atoms with Gasteiger partial charge in [0.05, 0.1) is 6.54 Å². The molecule has 0 aliphatic carbocycles. The van der Waals surface area contributed by atoms with Crippen LogP contribution < -0.4 is 10.0 Å². The van der Waals surface area contributed by atoms with E-state index in [0.29, 0.717) is 11.3 Å². The Morgan fingerprint density at radius 2 is 1.74 bits per heavy atom. The van der Waals surface area contributed by atoms with Gasteiger partial charge in [0, 0.05) is 28.2 Å². The number of benzene rings is 2. The molecule has 0 saturated heterocycles. The molecule has 2 heterocycles. The highest BCUT2D eigenvalue weighted by Gasteiger charge is 2.23. The van der Waals surface area contributed by atoms with Gasteiger partial charge in [-0.05, 0) is 51.1 Å². The Hall–Kier alpha value is -3.56. The fourth-order valence-corrected chi connectivity index (χ4v) is 4.98. The van der Waals surface area contributed by atoms with Gasteiger partial charge >= 0.3 is 0 Å². The standard InChI is InChI=1S/C25H25FN4O3S/c1-25(2,3)29-34(32,33)19-12-13-23(27-15-19)28-24(31)22-14-17-8-5-7-11-21(17)30(22)16-18-9-4-6-10-20(18)26/h4-15,29H,16H2,1-3H3,(H,27,28,31). The van der Waals surface area contributed by atoms with E-state index < -0.39 is 21.5 Å². The van der Waals surface area contributed by atoms with Gasteiger partial charge in [0.2, 0.25) is 10.0 Å². The molecule has 0 radical (unpaired) electrons. The molecule has 2 aromatic heterocycles. The number of hydrogen-bond donors (Lipinski definition) is 2. The summed E-state index contributed by atoms with van der Waals surface area (Å²) in [5.74, 6) is -0.597. The Bertz CT molecular complexity index is 1460. The van der Waals surface area contributed by atoms with E-state index >= 15 is 0 Å². The highest BCUT2D eigenvalue weighted by atomic mass is 32.2. The highest BCUT2D eigenvalue weighted by Crippen LogP contribution is 2.23. The second-order valence-corrected chi connectivity index (χ2v) is 10.6. The lowest BCUT2D eigenvalue weighted by Gasteiger charge is -2.20. The molecular weight excluding hydrogens is 455 g/mol. The number of amides is 1. The van der Waals surface area contributed by atoms with Crippen LogP contribution in [0, 0.1) is 5.82 Å². The summed E-state index contributed by atoms with van der Waals surface area (Å²) in [6.07, 6.45) is 1.19. The van der Waals surface area contributed by atoms with Crippen LogP contribution >= 0.6 is 0 Å². The van der Waals surface area contributed by atoms with Crippen molar-refractivity contribution in [1.29, 1.82) is 0 Å². The van der Waals surface area contributed by atoms with Crippen molar-refractivity contribution < 1.29 is 17.6 Å². The minimum atomic E-state index is -3.74. The van der Waals surface area contributed by atoms with Crippen molar-refractivity contribution in [3.63, 3.8) is 0 Å². The Labute approximate surface area is 197 Å². The summed E-state index contributed by atoms with van der Waals surface area (Å²) in [6.45, 7) is 5.40. The first-order valence-electron chi connectivity index (χ1n) is 10.7. The fraction of sp³-hybridized carbons (Fsp3) is 0.200. The molecule has 0 spiro atoms. The number of nitrogens with one attached hydrogen (secondary N) is 2. The maximum Gasteiger partial charge on any atom is 0.273 e. The third-order valence-electron chi connectivity index (χ3n) is 5.06. The Morgan fingerprint density at radius 3 is 2.41 bits per heavy atom. The monoisotopic (exact) mass is 480 g/mol. The Kier molecular flexibility index (Phi) is 6.24. The highest BCUT2D eigenvalue weighted by molar-refractivity contribution is 7.89. The zero-order valence-electron chi connectivity index (χ0n) is 19.0. The first kappa shape index (κ1) is 23.6. The number of fused-ring (bicyclic) bond motifs is 1. The predicted octanol–water partition coefficient (Wildman–Crippen LogP) is 4.55. The molecule has 2 aromatic carbocycles. The Balaban J connectivity index is 1.62. The van der Waals surface area contributed by atoms with Gasteiger partial charge in [-0.2, -0.15) is 0 Å². The molecule has 4 aromatic rings. The average Bonchev–Trinajstić information content (AvgIpc) is 3.13. The number of rotatable bonds is 6. The minimum Gasteiger partial charge on any atom is -0.332 e. The first-order chi connectivity index (χ1) is 16.0. The molecule has 0 aliphatic rings. The maximum absolute atomic E-state index is 14.3. The zero-order valence-corrected chi connectivity index (χ0v) is 19.9. The lowest BCUT2D eigenvalue weighted by Crippen LogP contribution is -2.40. The van der Waals surface area contributed by atoms with Crippen molar-refractivity contribution in [1.82, 2.24) is 14.3 Å². The summed E-state index contributed by atoms with van der Waals surface area (Å²) in [4.78, 5) is 17.2.